The summed E-state index contributed by atoms with van der Waals surface area (Å²) >= 11 is 0. The van der Waals surface area contributed by atoms with Gasteiger partial charge in [-0.05, 0) is 25.1 Å². The normalized spacial score (nSPS) is 14.5. The summed E-state index contributed by atoms with van der Waals surface area (Å²) in [5, 5.41) is 11.0. The maximum absolute atomic E-state index is 9.77. The first-order valence-corrected chi connectivity index (χ1v) is 7.58. The van der Waals surface area contributed by atoms with Gasteiger partial charge in [-0.15, -0.1) is 0 Å². The fourth-order valence-corrected chi connectivity index (χ4v) is 3.38. The summed E-state index contributed by atoms with van der Waals surface area (Å²) in [6.07, 6.45) is 2.56. The molecular formula is C18H19N2O2+. The summed E-state index contributed by atoms with van der Waals surface area (Å²) in [7, 11) is 1.72. The molecule has 1 aromatic carbocycles. The second-order valence-electron chi connectivity index (χ2n) is 5.83. The van der Waals surface area contributed by atoms with Gasteiger partial charge in [0.05, 0.1) is 18.7 Å². The van der Waals surface area contributed by atoms with Gasteiger partial charge in [0.1, 0.15) is 11.4 Å². The van der Waals surface area contributed by atoms with Gasteiger partial charge in [0.25, 0.3) is 0 Å². The van der Waals surface area contributed by atoms with Crippen LogP contribution < -0.4 is 9.30 Å². The fraction of sp³-hybridized carbons (Fsp3) is 0.278. The zero-order valence-corrected chi connectivity index (χ0v) is 12.8. The number of aliphatic hydroxyl groups is 1. The number of rotatable bonds is 2. The number of fused-ring (bicyclic) bond motifs is 5. The second-order valence-corrected chi connectivity index (χ2v) is 5.83. The Bertz CT molecular complexity index is 865. The Morgan fingerprint density at radius 3 is 2.91 bits per heavy atom. The highest BCUT2D eigenvalue weighted by Crippen LogP contribution is 2.37. The van der Waals surface area contributed by atoms with Gasteiger partial charge < -0.3 is 14.8 Å². The highest BCUT2D eigenvalue weighted by atomic mass is 16.5. The molecule has 4 heteroatoms. The molecule has 0 saturated heterocycles. The maximum atomic E-state index is 9.77. The largest absolute Gasteiger partial charge is 0.496 e. The molecule has 0 unspecified atom stereocenters. The summed E-state index contributed by atoms with van der Waals surface area (Å²) in [4.78, 5) is 3.53. The van der Waals surface area contributed by atoms with E-state index < -0.39 is 6.10 Å². The molecule has 3 aromatic rings. The van der Waals surface area contributed by atoms with Crippen LogP contribution in [0.25, 0.3) is 22.3 Å². The van der Waals surface area contributed by atoms with Crippen molar-refractivity contribution in [3.63, 3.8) is 0 Å². The zero-order valence-electron chi connectivity index (χ0n) is 12.8. The lowest BCUT2D eigenvalue weighted by Gasteiger charge is -2.13. The third-order valence-corrected chi connectivity index (χ3v) is 4.50. The molecule has 2 N–H and O–H groups in total. The lowest BCUT2D eigenvalue weighted by atomic mass is 10.00. The van der Waals surface area contributed by atoms with Gasteiger partial charge in [0.2, 0.25) is 5.69 Å². The summed E-state index contributed by atoms with van der Waals surface area (Å²) < 4.78 is 7.75. The quantitative estimate of drug-likeness (QED) is 0.714. The number of ether oxygens (including phenoxy) is 1. The molecule has 0 fully saturated rings. The molecule has 0 amide bonds. The highest BCUT2D eigenvalue weighted by Gasteiger charge is 2.28. The molecule has 1 aliphatic rings. The molecule has 4 rings (SSSR count). The third kappa shape index (κ3) is 1.84. The van der Waals surface area contributed by atoms with Crippen LogP contribution in [0, 0.1) is 0 Å². The smallest absolute Gasteiger partial charge is 0.229 e. The van der Waals surface area contributed by atoms with Crippen molar-refractivity contribution in [3.8, 4) is 17.1 Å². The Balaban J connectivity index is 1.96. The molecule has 0 spiro atoms. The first kappa shape index (κ1) is 13.3. The fourth-order valence-electron chi connectivity index (χ4n) is 3.38. The van der Waals surface area contributed by atoms with Crippen molar-refractivity contribution in [1.82, 2.24) is 4.98 Å². The lowest BCUT2D eigenvalue weighted by Crippen LogP contribution is -2.40. The van der Waals surface area contributed by atoms with E-state index in [1.165, 1.54) is 10.9 Å². The van der Waals surface area contributed by atoms with Crippen LogP contribution in [0.1, 0.15) is 24.2 Å². The number of benzene rings is 1. The molecule has 2 aromatic heterocycles. The summed E-state index contributed by atoms with van der Waals surface area (Å²) in [6, 6.07) is 10.2. The summed E-state index contributed by atoms with van der Waals surface area (Å²) in [5.74, 6) is 0.920. The van der Waals surface area contributed by atoms with E-state index in [2.05, 4.69) is 21.7 Å². The molecule has 1 aliphatic heterocycles. The van der Waals surface area contributed by atoms with Crippen LogP contribution in [-0.4, -0.2) is 17.2 Å². The van der Waals surface area contributed by atoms with Crippen LogP contribution in [-0.2, 0) is 13.0 Å². The molecule has 112 valence electrons. The van der Waals surface area contributed by atoms with Gasteiger partial charge in [0, 0.05) is 29.0 Å². The van der Waals surface area contributed by atoms with Crippen molar-refractivity contribution in [2.45, 2.75) is 26.0 Å². The first-order chi connectivity index (χ1) is 10.7. The van der Waals surface area contributed by atoms with Crippen LogP contribution in [0.4, 0.5) is 0 Å². The van der Waals surface area contributed by atoms with Crippen molar-refractivity contribution >= 4 is 10.9 Å². The number of aromatic nitrogens is 2. The van der Waals surface area contributed by atoms with Gasteiger partial charge in [-0.1, -0.05) is 6.07 Å². The predicted octanol–water partition coefficient (Wildman–Crippen LogP) is 2.74. The van der Waals surface area contributed by atoms with Crippen molar-refractivity contribution in [2.24, 2.45) is 0 Å². The molecule has 3 heterocycles. The minimum absolute atomic E-state index is 0.443. The number of aliphatic hydroxyl groups excluding tert-OH is 1. The van der Waals surface area contributed by atoms with E-state index in [9.17, 15) is 5.11 Å². The van der Waals surface area contributed by atoms with Gasteiger partial charge in [-0.3, -0.25) is 0 Å². The van der Waals surface area contributed by atoms with Crippen LogP contribution in [0.15, 0.2) is 36.5 Å². The molecule has 0 radical (unpaired) electrons. The Hall–Kier alpha value is -2.33. The van der Waals surface area contributed by atoms with E-state index in [-0.39, 0.29) is 0 Å². The molecule has 0 bridgehead atoms. The van der Waals surface area contributed by atoms with Gasteiger partial charge >= 0.3 is 0 Å². The number of nitrogens with zero attached hydrogens (tertiary/aromatic N) is 1. The molecule has 22 heavy (non-hydrogen) atoms. The van der Waals surface area contributed by atoms with Crippen molar-refractivity contribution in [3.05, 3.63) is 47.7 Å². The monoisotopic (exact) mass is 295 g/mol. The third-order valence-electron chi connectivity index (χ3n) is 4.50. The van der Waals surface area contributed by atoms with Crippen LogP contribution in [0.2, 0.25) is 0 Å². The molecule has 4 nitrogen and oxygen atoms in total. The minimum atomic E-state index is -0.443. The predicted molar refractivity (Wildman–Crippen MR) is 84.8 cm³/mol. The van der Waals surface area contributed by atoms with E-state index >= 15 is 0 Å². The van der Waals surface area contributed by atoms with E-state index in [1.54, 1.807) is 14.0 Å². The average molecular weight is 295 g/mol. The highest BCUT2D eigenvalue weighted by molar-refractivity contribution is 5.94. The Morgan fingerprint density at radius 1 is 1.27 bits per heavy atom. The number of methoxy groups -OCH3 is 1. The molecular weight excluding hydrogens is 276 g/mol. The second kappa shape index (κ2) is 4.85. The van der Waals surface area contributed by atoms with Gasteiger partial charge in [-0.2, -0.15) is 4.57 Å². The van der Waals surface area contributed by atoms with Crippen molar-refractivity contribution in [1.29, 1.82) is 0 Å². The Kier molecular flexibility index (Phi) is 2.94. The van der Waals surface area contributed by atoms with Crippen molar-refractivity contribution < 1.29 is 14.4 Å². The Labute approximate surface area is 129 Å². The molecule has 1 atom stereocenters. The van der Waals surface area contributed by atoms with Crippen LogP contribution in [0.5, 0.6) is 5.75 Å². The summed E-state index contributed by atoms with van der Waals surface area (Å²) in [6.45, 7) is 2.71. The lowest BCUT2D eigenvalue weighted by molar-refractivity contribution is -0.688. The number of hydrogen-bond donors (Lipinski definition) is 2. The Morgan fingerprint density at radius 2 is 2.14 bits per heavy atom. The first-order valence-electron chi connectivity index (χ1n) is 7.58. The SMILES string of the molecule is COc1cccc2[nH]c3c(c12)CC[n+]1cc([C@@H](C)O)ccc1-3. The van der Waals surface area contributed by atoms with Crippen LogP contribution in [0.3, 0.4) is 0 Å². The number of aryl methyl sites for hydroxylation is 2. The number of aromatic amines is 1. The standard InChI is InChI=1S/C18H18N2O2/c1-11(21)12-6-7-15-18-13(8-9-20(15)10-12)17-14(19-18)4-3-5-16(17)22-2/h3-7,10-11,21H,8-9H2,1-2H3/p+1/t11-/m1/s1. The number of hydrogen-bond acceptors (Lipinski definition) is 2. The minimum Gasteiger partial charge on any atom is -0.496 e. The summed E-state index contributed by atoms with van der Waals surface area (Å²) in [5.41, 5.74) is 5.68. The topological polar surface area (TPSA) is 49.1 Å². The van der Waals surface area contributed by atoms with E-state index in [4.69, 9.17) is 4.74 Å². The molecule has 0 aliphatic carbocycles. The van der Waals surface area contributed by atoms with E-state index in [0.29, 0.717) is 0 Å². The van der Waals surface area contributed by atoms with Crippen molar-refractivity contribution in [2.75, 3.05) is 7.11 Å². The number of pyridine rings is 1. The average Bonchev–Trinajstić information content (AvgIpc) is 2.93. The van der Waals surface area contributed by atoms with E-state index in [0.717, 1.165) is 41.2 Å². The van der Waals surface area contributed by atoms with E-state index in [1.807, 2.05) is 24.4 Å². The van der Waals surface area contributed by atoms with Gasteiger partial charge in [0.15, 0.2) is 12.7 Å². The van der Waals surface area contributed by atoms with Gasteiger partial charge in [-0.25, -0.2) is 0 Å². The van der Waals surface area contributed by atoms with Crippen LogP contribution >= 0.6 is 0 Å². The number of H-pyrrole nitrogens is 1. The zero-order chi connectivity index (χ0) is 15.3. The molecule has 0 saturated carbocycles. The number of nitrogens with one attached hydrogen (secondary N) is 1. The maximum Gasteiger partial charge on any atom is 0.229 e.